The first-order valence-corrected chi connectivity index (χ1v) is 25.9. The Morgan fingerprint density at radius 1 is 0.591 bits per heavy atom. The minimum atomic E-state index is -3.86. The number of benzene rings is 1. The molecule has 2 rings (SSSR count). The molecule has 2 aromatic rings. The largest absolute Gasteiger partial charge is 0.480 e. The van der Waals surface area contributed by atoms with Crippen LogP contribution in [0.5, 0.6) is 0 Å². The molecule has 0 aliphatic rings. The molecule has 0 saturated carbocycles. The number of aromatic nitrogens is 1. The summed E-state index contributed by atoms with van der Waals surface area (Å²) in [6, 6.07) is 9.88. The van der Waals surface area contributed by atoms with E-state index in [1.54, 1.807) is 12.1 Å². The van der Waals surface area contributed by atoms with Crippen LogP contribution in [-0.4, -0.2) is 107 Å². The number of anilines is 1. The quantitative estimate of drug-likeness (QED) is 0.0420. The number of carbonyl (C=O) groups is 4. The third kappa shape index (κ3) is 31.9. The summed E-state index contributed by atoms with van der Waals surface area (Å²) in [5, 5.41) is 11.2. The molecular weight excluding hydrogens is 867 g/mol. The molecule has 16 heteroatoms. The maximum Gasteiger partial charge on any atom is 0.329 e. The number of unbranched alkanes of at least 4 members (excludes halogenated alkanes) is 17. The molecule has 1 aromatic carbocycles. The molecule has 1 heterocycles. The van der Waals surface area contributed by atoms with E-state index in [1.807, 2.05) is 32.9 Å². The van der Waals surface area contributed by atoms with E-state index < -0.39 is 16.0 Å². The first-order chi connectivity index (χ1) is 31.7. The smallest absolute Gasteiger partial charge is 0.329 e. The maximum atomic E-state index is 13.0. The Hall–Kier alpha value is -3.96. The lowest BCUT2D eigenvalue weighted by Gasteiger charge is -2.19. The van der Waals surface area contributed by atoms with Crippen LogP contribution in [-0.2, 0) is 54.5 Å². The van der Waals surface area contributed by atoms with Crippen LogP contribution in [0.2, 0.25) is 0 Å². The Balaban J connectivity index is 1.43. The van der Waals surface area contributed by atoms with E-state index in [1.165, 1.54) is 115 Å². The van der Waals surface area contributed by atoms with Gasteiger partial charge in [-0.05, 0) is 76.3 Å². The van der Waals surface area contributed by atoms with E-state index in [-0.39, 0.29) is 92.3 Å². The molecule has 15 nitrogen and oxygen atoms in total. The van der Waals surface area contributed by atoms with Crippen molar-refractivity contribution < 1.29 is 56.4 Å². The summed E-state index contributed by atoms with van der Waals surface area (Å²) >= 11 is 0. The van der Waals surface area contributed by atoms with Crippen molar-refractivity contribution in [1.29, 1.82) is 0 Å². The fourth-order valence-electron chi connectivity index (χ4n) is 7.01. The number of ether oxygens (including phenoxy) is 5. The monoisotopic (exact) mass is 948 g/mol. The van der Waals surface area contributed by atoms with Gasteiger partial charge in [0.25, 0.3) is 15.9 Å². The maximum absolute atomic E-state index is 13.0. The van der Waals surface area contributed by atoms with Gasteiger partial charge in [-0.2, -0.15) is 0 Å². The molecule has 0 saturated heterocycles. The first kappa shape index (κ1) is 58.2. The van der Waals surface area contributed by atoms with Crippen molar-refractivity contribution in [3.05, 3.63) is 53.7 Å². The molecule has 0 fully saturated rings. The SMILES string of the molecule is CC(C)(C)OC(=O)CCCCCCCCCCCCCCCCCCCCc1ccc(S(=O)(=O)Nc2ccc(C(=O)NCCOCCOCC(=O)CCCOCCOCC(=O)O)cn2)cc1. The molecule has 0 bridgehead atoms. The van der Waals surface area contributed by atoms with Crippen molar-refractivity contribution >= 4 is 39.5 Å². The van der Waals surface area contributed by atoms with Crippen LogP contribution in [0, 0.1) is 0 Å². The van der Waals surface area contributed by atoms with Gasteiger partial charge in [-0.3, -0.25) is 19.1 Å². The van der Waals surface area contributed by atoms with Crippen molar-refractivity contribution in [1.82, 2.24) is 10.3 Å². The van der Waals surface area contributed by atoms with E-state index >= 15 is 0 Å². The van der Waals surface area contributed by atoms with Gasteiger partial charge in [0.05, 0.1) is 43.5 Å². The number of amides is 1. The van der Waals surface area contributed by atoms with Gasteiger partial charge in [0.1, 0.15) is 24.6 Å². The number of carbonyl (C=O) groups excluding carboxylic acids is 3. The zero-order valence-electron chi connectivity index (χ0n) is 40.3. The number of aliphatic carboxylic acids is 1. The Kier molecular flexibility index (Phi) is 31.8. The number of Topliss-reactive ketones (excluding diaryl/α,β-unsaturated/α-hetero) is 1. The van der Waals surface area contributed by atoms with E-state index in [0.29, 0.717) is 25.9 Å². The number of hydrogen-bond donors (Lipinski definition) is 3. The third-order valence-electron chi connectivity index (χ3n) is 10.5. The Labute approximate surface area is 395 Å². The van der Waals surface area contributed by atoms with Crippen molar-refractivity contribution in [3.8, 4) is 0 Å². The number of sulfonamides is 1. The first-order valence-electron chi connectivity index (χ1n) is 24.4. The predicted octanol–water partition coefficient (Wildman–Crippen LogP) is 9.41. The van der Waals surface area contributed by atoms with E-state index in [4.69, 9.17) is 28.8 Å². The van der Waals surface area contributed by atoms with Crippen molar-refractivity contribution in [2.45, 2.75) is 173 Å². The van der Waals surface area contributed by atoms with Crippen LogP contribution in [0.25, 0.3) is 0 Å². The summed E-state index contributed by atoms with van der Waals surface area (Å²) in [5.41, 5.74) is 0.988. The van der Waals surface area contributed by atoms with Crippen LogP contribution < -0.4 is 10.0 Å². The summed E-state index contributed by atoms with van der Waals surface area (Å²) < 4.78 is 54.8. The highest BCUT2D eigenvalue weighted by atomic mass is 32.2. The van der Waals surface area contributed by atoms with Crippen LogP contribution in [0.4, 0.5) is 5.82 Å². The highest BCUT2D eigenvalue weighted by molar-refractivity contribution is 7.92. The minimum absolute atomic E-state index is 0.0397. The zero-order valence-corrected chi connectivity index (χ0v) is 41.1. The van der Waals surface area contributed by atoms with E-state index in [0.717, 1.165) is 31.2 Å². The fourth-order valence-corrected chi connectivity index (χ4v) is 8.02. The highest BCUT2D eigenvalue weighted by Gasteiger charge is 2.17. The molecule has 66 heavy (non-hydrogen) atoms. The second kappa shape index (κ2) is 36.1. The lowest BCUT2D eigenvalue weighted by molar-refractivity contribution is -0.155. The van der Waals surface area contributed by atoms with Crippen LogP contribution >= 0.6 is 0 Å². The number of ketones is 1. The average molecular weight is 948 g/mol. The minimum Gasteiger partial charge on any atom is -0.480 e. The van der Waals surface area contributed by atoms with Crippen molar-refractivity contribution in [2.24, 2.45) is 0 Å². The number of carboxylic acid groups (broad SMARTS) is 1. The topological polar surface area (TPSA) is 206 Å². The van der Waals surface area contributed by atoms with Crippen LogP contribution in [0.3, 0.4) is 0 Å². The van der Waals surface area contributed by atoms with Gasteiger partial charge in [-0.25, -0.2) is 18.2 Å². The summed E-state index contributed by atoms with van der Waals surface area (Å²) in [5.74, 6) is -1.46. The molecule has 374 valence electrons. The molecule has 0 unspecified atom stereocenters. The standard InChI is InChI=1S/C50H81N3O12S/c1-50(2,3)65-48(57)25-21-19-17-15-13-11-9-7-5-4-6-8-10-12-14-16-18-20-23-42-26-29-45(30-27-42)66(59,60)53-46-31-28-43(39-52-46)49(58)51-32-34-62-36-37-63-40-44(54)24-22-33-61-35-38-64-41-47(55)56/h26-31,39H,4-25,32-38,40-41H2,1-3H3,(H,51,58)(H,52,53)(H,55,56). The number of aryl methyl sites for hydroxylation is 1. The zero-order chi connectivity index (χ0) is 48.1. The lowest BCUT2D eigenvalue weighted by atomic mass is 10.0. The number of carboxylic acids is 1. The normalized spacial score (nSPS) is 11.7. The number of nitrogens with zero attached hydrogens (tertiary/aromatic N) is 1. The van der Waals surface area contributed by atoms with Crippen LogP contribution in [0.1, 0.15) is 172 Å². The predicted molar refractivity (Wildman–Crippen MR) is 256 cm³/mol. The Bertz CT molecular complexity index is 1720. The number of esters is 1. The van der Waals surface area contributed by atoms with Gasteiger partial charge in [0.15, 0.2) is 5.78 Å². The molecule has 1 aromatic heterocycles. The van der Waals surface area contributed by atoms with E-state index in [9.17, 15) is 27.6 Å². The molecular formula is C50H81N3O12S. The van der Waals surface area contributed by atoms with Gasteiger partial charge in [-0.1, -0.05) is 115 Å². The van der Waals surface area contributed by atoms with Crippen LogP contribution in [0.15, 0.2) is 47.5 Å². The van der Waals surface area contributed by atoms with Crippen molar-refractivity contribution in [3.63, 3.8) is 0 Å². The summed E-state index contributed by atoms with van der Waals surface area (Å²) in [7, 11) is -3.86. The second-order valence-electron chi connectivity index (χ2n) is 17.8. The molecule has 0 atom stereocenters. The van der Waals surface area contributed by atoms with Gasteiger partial charge < -0.3 is 34.1 Å². The molecule has 0 spiro atoms. The molecule has 0 radical (unpaired) electrons. The Morgan fingerprint density at radius 2 is 1.11 bits per heavy atom. The second-order valence-corrected chi connectivity index (χ2v) is 19.4. The molecule has 0 aliphatic carbocycles. The average Bonchev–Trinajstić information content (AvgIpc) is 3.27. The summed E-state index contributed by atoms with van der Waals surface area (Å²) in [6.07, 6.45) is 26.1. The van der Waals surface area contributed by atoms with Gasteiger partial charge in [0.2, 0.25) is 0 Å². The third-order valence-corrected chi connectivity index (χ3v) is 11.9. The van der Waals surface area contributed by atoms with Gasteiger partial charge in [0, 0.05) is 32.2 Å². The molecule has 1 amide bonds. The number of hydrogen-bond acceptors (Lipinski definition) is 12. The molecule has 0 aliphatic heterocycles. The van der Waals surface area contributed by atoms with Gasteiger partial charge >= 0.3 is 11.9 Å². The van der Waals surface area contributed by atoms with Crippen molar-refractivity contribution in [2.75, 3.05) is 64.1 Å². The number of rotatable bonds is 42. The summed E-state index contributed by atoms with van der Waals surface area (Å²) in [6.45, 7) is 7.05. The number of pyridine rings is 1. The van der Waals surface area contributed by atoms with E-state index in [2.05, 4.69) is 15.0 Å². The highest BCUT2D eigenvalue weighted by Crippen LogP contribution is 2.19. The fraction of sp³-hybridized carbons (Fsp3) is 0.700. The Morgan fingerprint density at radius 3 is 1.64 bits per heavy atom. The lowest BCUT2D eigenvalue weighted by Crippen LogP contribution is -2.28. The number of nitrogens with one attached hydrogen (secondary N) is 2. The molecule has 3 N–H and O–H groups in total. The summed E-state index contributed by atoms with van der Waals surface area (Å²) in [4.78, 5) is 50.8. The van der Waals surface area contributed by atoms with Gasteiger partial charge in [-0.15, -0.1) is 0 Å².